The van der Waals surface area contributed by atoms with E-state index in [-0.39, 0.29) is 5.91 Å². The second-order valence-corrected chi connectivity index (χ2v) is 6.45. The molecule has 2 saturated heterocycles. The van der Waals surface area contributed by atoms with Gasteiger partial charge in [0.15, 0.2) is 0 Å². The first-order valence-electron chi connectivity index (χ1n) is 7.75. The van der Waals surface area contributed by atoms with E-state index in [9.17, 15) is 4.79 Å². The second-order valence-electron chi connectivity index (χ2n) is 6.45. The molecule has 3 heteroatoms. The summed E-state index contributed by atoms with van der Waals surface area (Å²) in [6.07, 6.45) is 4.86. The fourth-order valence-corrected chi connectivity index (χ4v) is 3.63. The molecule has 2 heterocycles. The van der Waals surface area contributed by atoms with E-state index in [0.717, 1.165) is 38.2 Å². The van der Waals surface area contributed by atoms with Gasteiger partial charge in [0.2, 0.25) is 0 Å². The zero-order chi connectivity index (χ0) is 14.0. The van der Waals surface area contributed by atoms with Gasteiger partial charge in [-0.05, 0) is 63.2 Å². The summed E-state index contributed by atoms with van der Waals surface area (Å²) >= 11 is 0. The topological polar surface area (TPSA) is 32.3 Å². The largest absolute Gasteiger partial charge is 0.338 e. The van der Waals surface area contributed by atoms with Gasteiger partial charge >= 0.3 is 0 Å². The Morgan fingerprint density at radius 3 is 2.55 bits per heavy atom. The fraction of sp³-hybridized carbons (Fsp3) is 0.588. The molecule has 0 bridgehead atoms. The van der Waals surface area contributed by atoms with Gasteiger partial charge in [-0.25, -0.2) is 0 Å². The summed E-state index contributed by atoms with van der Waals surface area (Å²) in [6.45, 7) is 6.13. The van der Waals surface area contributed by atoms with Crippen LogP contribution in [-0.2, 0) is 0 Å². The Bertz CT molecular complexity index is 469. The fourth-order valence-electron chi connectivity index (χ4n) is 3.63. The van der Waals surface area contributed by atoms with Gasteiger partial charge < -0.3 is 10.2 Å². The SMILES string of the molecule is Cc1ccc(C(=O)N2CCCC3(CCNCC3)C2)cc1. The molecule has 20 heavy (non-hydrogen) atoms. The molecule has 2 aliphatic heterocycles. The minimum absolute atomic E-state index is 0.211. The monoisotopic (exact) mass is 272 g/mol. The Morgan fingerprint density at radius 2 is 1.85 bits per heavy atom. The van der Waals surface area contributed by atoms with Crippen molar-refractivity contribution < 1.29 is 4.79 Å². The van der Waals surface area contributed by atoms with Gasteiger partial charge in [0.1, 0.15) is 0 Å². The van der Waals surface area contributed by atoms with Crippen LogP contribution in [0.5, 0.6) is 0 Å². The molecule has 0 aliphatic carbocycles. The van der Waals surface area contributed by atoms with Gasteiger partial charge in [-0.3, -0.25) is 4.79 Å². The summed E-state index contributed by atoms with van der Waals surface area (Å²) in [7, 11) is 0. The van der Waals surface area contributed by atoms with Crippen LogP contribution in [0.2, 0.25) is 0 Å². The maximum atomic E-state index is 12.6. The number of piperidine rings is 2. The first-order chi connectivity index (χ1) is 9.69. The predicted octanol–water partition coefficient (Wildman–Crippen LogP) is 2.60. The van der Waals surface area contributed by atoms with Gasteiger partial charge in [0.05, 0.1) is 0 Å². The maximum Gasteiger partial charge on any atom is 0.253 e. The summed E-state index contributed by atoms with van der Waals surface area (Å²) in [5, 5.41) is 3.43. The summed E-state index contributed by atoms with van der Waals surface area (Å²) in [5.74, 6) is 0.211. The Kier molecular flexibility index (Phi) is 3.79. The van der Waals surface area contributed by atoms with Gasteiger partial charge in [0, 0.05) is 18.7 Å². The van der Waals surface area contributed by atoms with Crippen molar-refractivity contribution in [2.45, 2.75) is 32.6 Å². The van der Waals surface area contributed by atoms with Crippen LogP contribution in [0.4, 0.5) is 0 Å². The van der Waals surface area contributed by atoms with E-state index < -0.39 is 0 Å². The minimum Gasteiger partial charge on any atom is -0.338 e. The van der Waals surface area contributed by atoms with E-state index in [0.29, 0.717) is 5.41 Å². The normalized spacial score (nSPS) is 21.9. The highest BCUT2D eigenvalue weighted by Crippen LogP contribution is 2.38. The number of nitrogens with one attached hydrogen (secondary N) is 1. The smallest absolute Gasteiger partial charge is 0.253 e. The number of nitrogens with zero attached hydrogens (tertiary/aromatic N) is 1. The van der Waals surface area contributed by atoms with Crippen molar-refractivity contribution in [3.05, 3.63) is 35.4 Å². The molecule has 0 saturated carbocycles. The van der Waals surface area contributed by atoms with Crippen LogP contribution in [0, 0.1) is 12.3 Å². The van der Waals surface area contributed by atoms with Crippen molar-refractivity contribution in [2.24, 2.45) is 5.41 Å². The molecule has 0 atom stereocenters. The van der Waals surface area contributed by atoms with E-state index in [4.69, 9.17) is 0 Å². The molecule has 3 nitrogen and oxygen atoms in total. The summed E-state index contributed by atoms with van der Waals surface area (Å²) < 4.78 is 0. The lowest BCUT2D eigenvalue weighted by molar-refractivity contribution is 0.0411. The zero-order valence-corrected chi connectivity index (χ0v) is 12.3. The molecular weight excluding hydrogens is 248 g/mol. The van der Waals surface area contributed by atoms with Gasteiger partial charge in [-0.2, -0.15) is 0 Å². The Hall–Kier alpha value is -1.35. The van der Waals surface area contributed by atoms with Crippen LogP contribution in [-0.4, -0.2) is 37.0 Å². The van der Waals surface area contributed by atoms with Crippen molar-refractivity contribution >= 4 is 5.91 Å². The lowest BCUT2D eigenvalue weighted by Gasteiger charge is -2.45. The highest BCUT2D eigenvalue weighted by Gasteiger charge is 2.37. The lowest BCUT2D eigenvalue weighted by atomic mass is 9.73. The summed E-state index contributed by atoms with van der Waals surface area (Å²) in [5.41, 5.74) is 2.42. The molecule has 1 aromatic rings. The third-order valence-electron chi connectivity index (χ3n) is 4.91. The number of hydrogen-bond donors (Lipinski definition) is 1. The number of carbonyl (C=O) groups is 1. The molecule has 0 unspecified atom stereocenters. The molecular formula is C17H24N2O. The van der Waals surface area contributed by atoms with E-state index in [1.165, 1.54) is 24.8 Å². The first-order valence-corrected chi connectivity index (χ1v) is 7.75. The number of benzene rings is 1. The van der Waals surface area contributed by atoms with E-state index in [1.54, 1.807) is 0 Å². The average Bonchev–Trinajstić information content (AvgIpc) is 2.48. The van der Waals surface area contributed by atoms with Crippen LogP contribution in [0.1, 0.15) is 41.6 Å². The molecule has 1 aromatic carbocycles. The van der Waals surface area contributed by atoms with Gasteiger partial charge in [0.25, 0.3) is 5.91 Å². The van der Waals surface area contributed by atoms with Crippen LogP contribution in [0.25, 0.3) is 0 Å². The van der Waals surface area contributed by atoms with Crippen molar-refractivity contribution in [1.29, 1.82) is 0 Å². The summed E-state index contributed by atoms with van der Waals surface area (Å²) in [4.78, 5) is 14.7. The Morgan fingerprint density at radius 1 is 1.15 bits per heavy atom. The zero-order valence-electron chi connectivity index (χ0n) is 12.3. The van der Waals surface area contributed by atoms with E-state index in [2.05, 4.69) is 17.1 Å². The van der Waals surface area contributed by atoms with Crippen LogP contribution < -0.4 is 5.32 Å². The average molecular weight is 272 g/mol. The molecule has 1 N–H and O–H groups in total. The van der Waals surface area contributed by atoms with Crippen molar-refractivity contribution in [2.75, 3.05) is 26.2 Å². The molecule has 1 amide bonds. The molecule has 108 valence electrons. The highest BCUT2D eigenvalue weighted by molar-refractivity contribution is 5.94. The highest BCUT2D eigenvalue weighted by atomic mass is 16.2. The molecule has 0 radical (unpaired) electrons. The number of aryl methyl sites for hydroxylation is 1. The Labute approximate surface area is 121 Å². The van der Waals surface area contributed by atoms with Crippen LogP contribution >= 0.6 is 0 Å². The Balaban J connectivity index is 1.73. The molecule has 2 fully saturated rings. The van der Waals surface area contributed by atoms with Crippen LogP contribution in [0.15, 0.2) is 24.3 Å². The predicted molar refractivity (Wildman–Crippen MR) is 80.9 cm³/mol. The molecule has 1 spiro atoms. The molecule has 2 aliphatic rings. The number of hydrogen-bond acceptors (Lipinski definition) is 2. The number of carbonyl (C=O) groups excluding carboxylic acids is 1. The van der Waals surface area contributed by atoms with Gasteiger partial charge in [-0.15, -0.1) is 0 Å². The first kappa shape index (κ1) is 13.6. The minimum atomic E-state index is 0.211. The molecule has 3 rings (SSSR count). The van der Waals surface area contributed by atoms with Gasteiger partial charge in [-0.1, -0.05) is 17.7 Å². The van der Waals surface area contributed by atoms with Crippen molar-refractivity contribution in [1.82, 2.24) is 10.2 Å². The second kappa shape index (κ2) is 5.57. The van der Waals surface area contributed by atoms with E-state index >= 15 is 0 Å². The van der Waals surface area contributed by atoms with Crippen molar-refractivity contribution in [3.63, 3.8) is 0 Å². The standard InChI is InChI=1S/C17H24N2O/c1-14-3-5-15(6-4-14)16(20)19-12-2-7-17(13-19)8-10-18-11-9-17/h3-6,18H,2,7-13H2,1H3. The number of amides is 1. The maximum absolute atomic E-state index is 12.6. The summed E-state index contributed by atoms with van der Waals surface area (Å²) in [6, 6.07) is 7.97. The lowest BCUT2D eigenvalue weighted by Crippen LogP contribution is -2.50. The third-order valence-corrected chi connectivity index (χ3v) is 4.91. The van der Waals surface area contributed by atoms with E-state index in [1.807, 2.05) is 24.3 Å². The third kappa shape index (κ3) is 2.73. The van der Waals surface area contributed by atoms with Crippen molar-refractivity contribution in [3.8, 4) is 0 Å². The quantitative estimate of drug-likeness (QED) is 0.852. The number of likely N-dealkylation sites (tertiary alicyclic amines) is 1. The van der Waals surface area contributed by atoms with Crippen LogP contribution in [0.3, 0.4) is 0 Å². The number of rotatable bonds is 1. The molecule has 0 aromatic heterocycles.